The van der Waals surface area contributed by atoms with Crippen LogP contribution in [-0.4, -0.2) is 42.1 Å². The van der Waals surface area contributed by atoms with Crippen LogP contribution in [0.15, 0.2) is 53.9 Å². The fourth-order valence-electron chi connectivity index (χ4n) is 3.24. The quantitative estimate of drug-likeness (QED) is 0.616. The van der Waals surface area contributed by atoms with Crippen LogP contribution < -0.4 is 4.74 Å². The van der Waals surface area contributed by atoms with Crippen molar-refractivity contribution in [1.82, 2.24) is 9.88 Å². The molecule has 150 valence electrons. The van der Waals surface area contributed by atoms with Gasteiger partial charge in [-0.15, -0.1) is 11.3 Å². The monoisotopic (exact) mass is 412 g/mol. The third-order valence-corrected chi connectivity index (χ3v) is 5.62. The van der Waals surface area contributed by atoms with E-state index in [0.717, 1.165) is 21.9 Å². The lowest BCUT2D eigenvalue weighted by molar-refractivity contribution is -0.0230. The molecule has 0 radical (unpaired) electrons. The number of thiazole rings is 1. The van der Waals surface area contributed by atoms with Gasteiger partial charge >= 0.3 is 0 Å². The minimum absolute atomic E-state index is 0.117. The van der Waals surface area contributed by atoms with Gasteiger partial charge in [0.25, 0.3) is 5.91 Å². The van der Waals surface area contributed by atoms with Gasteiger partial charge in [0.1, 0.15) is 28.4 Å². The smallest absolute Gasteiger partial charge is 0.273 e. The van der Waals surface area contributed by atoms with E-state index in [9.17, 15) is 9.18 Å². The van der Waals surface area contributed by atoms with Crippen molar-refractivity contribution in [2.45, 2.75) is 13.0 Å². The Morgan fingerprint density at radius 2 is 2.00 bits per heavy atom. The van der Waals surface area contributed by atoms with E-state index in [1.165, 1.54) is 23.5 Å². The van der Waals surface area contributed by atoms with Crippen molar-refractivity contribution in [2.75, 3.05) is 26.3 Å². The Hall–Kier alpha value is -2.77. The van der Waals surface area contributed by atoms with Crippen LogP contribution in [0.3, 0.4) is 0 Å². The summed E-state index contributed by atoms with van der Waals surface area (Å²) in [4.78, 5) is 19.2. The molecule has 2 aromatic carbocycles. The fraction of sp³-hybridized carbons (Fsp3) is 0.273. The molecule has 1 aliphatic heterocycles. The molecule has 1 saturated heterocycles. The summed E-state index contributed by atoms with van der Waals surface area (Å²) in [6.07, 6.45) is -0.266. The Kier molecular flexibility index (Phi) is 5.87. The maximum absolute atomic E-state index is 13.2. The van der Waals surface area contributed by atoms with Crippen LogP contribution in [0.25, 0.3) is 10.6 Å². The van der Waals surface area contributed by atoms with Gasteiger partial charge in [0.05, 0.1) is 19.8 Å². The molecule has 3 aromatic rings. The van der Waals surface area contributed by atoms with E-state index in [4.69, 9.17) is 9.47 Å². The van der Waals surface area contributed by atoms with Crippen molar-refractivity contribution in [3.63, 3.8) is 0 Å². The summed E-state index contributed by atoms with van der Waals surface area (Å²) in [5, 5.41) is 2.58. The van der Waals surface area contributed by atoms with Gasteiger partial charge in [0, 0.05) is 17.5 Å². The van der Waals surface area contributed by atoms with E-state index in [0.29, 0.717) is 32.0 Å². The van der Waals surface area contributed by atoms with Crippen LogP contribution in [0.5, 0.6) is 5.75 Å². The highest BCUT2D eigenvalue weighted by Gasteiger charge is 2.27. The van der Waals surface area contributed by atoms with Crippen molar-refractivity contribution >= 4 is 17.2 Å². The number of morpholine rings is 1. The van der Waals surface area contributed by atoms with Crippen LogP contribution in [0.4, 0.5) is 4.39 Å². The van der Waals surface area contributed by atoms with E-state index in [2.05, 4.69) is 4.98 Å². The highest BCUT2D eigenvalue weighted by molar-refractivity contribution is 7.13. The summed E-state index contributed by atoms with van der Waals surface area (Å²) >= 11 is 1.44. The zero-order valence-corrected chi connectivity index (χ0v) is 16.8. The van der Waals surface area contributed by atoms with Crippen LogP contribution in [-0.2, 0) is 4.74 Å². The van der Waals surface area contributed by atoms with E-state index in [1.54, 1.807) is 22.4 Å². The number of carbonyl (C=O) groups excluding carboxylic acids is 1. The molecule has 0 aliphatic carbocycles. The van der Waals surface area contributed by atoms with Gasteiger partial charge in [-0.3, -0.25) is 4.79 Å². The Morgan fingerprint density at radius 1 is 1.24 bits per heavy atom. The van der Waals surface area contributed by atoms with Gasteiger partial charge in [0.15, 0.2) is 0 Å². The van der Waals surface area contributed by atoms with Crippen molar-refractivity contribution in [3.05, 3.63) is 71.0 Å². The second-order valence-corrected chi connectivity index (χ2v) is 7.52. The molecule has 0 N–H and O–H groups in total. The lowest BCUT2D eigenvalue weighted by atomic mass is 10.1. The maximum atomic E-state index is 13.2. The number of amides is 1. The standard InChI is InChI=1S/C22H21FN2O3S/c1-2-27-18-9-5-16(6-10-18)21-24-19(14-29-21)22(26)25-11-12-28-20(13-25)15-3-7-17(23)8-4-15/h3-10,14,20H,2,11-13H2,1H3/t20-/m1/s1. The van der Waals surface area contributed by atoms with Crippen LogP contribution in [0.2, 0.25) is 0 Å². The maximum Gasteiger partial charge on any atom is 0.273 e. The van der Waals surface area contributed by atoms with Gasteiger partial charge < -0.3 is 14.4 Å². The predicted octanol–water partition coefficient (Wildman–Crippen LogP) is 4.56. The molecule has 1 amide bonds. The summed E-state index contributed by atoms with van der Waals surface area (Å²) in [6.45, 7) is 3.92. The van der Waals surface area contributed by atoms with Gasteiger partial charge in [0.2, 0.25) is 0 Å². The molecule has 1 fully saturated rings. The molecule has 0 spiro atoms. The predicted molar refractivity (Wildman–Crippen MR) is 110 cm³/mol. The summed E-state index contributed by atoms with van der Waals surface area (Å²) in [7, 11) is 0. The lowest BCUT2D eigenvalue weighted by Crippen LogP contribution is -2.42. The summed E-state index contributed by atoms with van der Waals surface area (Å²) < 4.78 is 24.4. The van der Waals surface area contributed by atoms with Crippen LogP contribution in [0, 0.1) is 5.82 Å². The number of rotatable bonds is 5. The zero-order chi connectivity index (χ0) is 20.2. The number of ether oxygens (including phenoxy) is 2. The fourth-order valence-corrected chi connectivity index (χ4v) is 4.04. The number of carbonyl (C=O) groups is 1. The molecule has 2 heterocycles. The number of nitrogens with zero attached hydrogens (tertiary/aromatic N) is 2. The number of benzene rings is 2. The average Bonchev–Trinajstić information content (AvgIpc) is 3.25. The number of hydrogen-bond donors (Lipinski definition) is 0. The van der Waals surface area contributed by atoms with E-state index in [1.807, 2.05) is 31.2 Å². The Labute approximate surface area is 172 Å². The molecule has 0 saturated carbocycles. The molecule has 5 nitrogen and oxygen atoms in total. The molecule has 0 unspecified atom stereocenters. The molecule has 1 aliphatic rings. The molecule has 1 atom stereocenters. The molecule has 0 bridgehead atoms. The normalized spacial score (nSPS) is 16.6. The minimum Gasteiger partial charge on any atom is -0.494 e. The first-order chi connectivity index (χ1) is 14.1. The molecule has 1 aromatic heterocycles. The van der Waals surface area contributed by atoms with E-state index in [-0.39, 0.29) is 17.8 Å². The largest absolute Gasteiger partial charge is 0.494 e. The summed E-state index contributed by atoms with van der Waals surface area (Å²) in [5.41, 5.74) is 2.24. The SMILES string of the molecule is CCOc1ccc(-c2nc(C(=O)N3CCO[C@@H](c4ccc(F)cc4)C3)cs2)cc1. The third-order valence-electron chi connectivity index (χ3n) is 4.73. The van der Waals surface area contributed by atoms with Crippen molar-refractivity contribution < 1.29 is 18.7 Å². The molecule has 4 rings (SSSR count). The van der Waals surface area contributed by atoms with Crippen LogP contribution in [0.1, 0.15) is 29.1 Å². The first-order valence-electron chi connectivity index (χ1n) is 9.49. The third kappa shape index (κ3) is 4.46. The van der Waals surface area contributed by atoms with Crippen molar-refractivity contribution in [3.8, 4) is 16.3 Å². The number of halogens is 1. The van der Waals surface area contributed by atoms with Crippen LogP contribution >= 0.6 is 11.3 Å². The molecule has 29 heavy (non-hydrogen) atoms. The van der Waals surface area contributed by atoms with Crippen molar-refractivity contribution in [2.24, 2.45) is 0 Å². The molecular formula is C22H21FN2O3S. The summed E-state index contributed by atoms with van der Waals surface area (Å²) in [6, 6.07) is 13.9. The van der Waals surface area contributed by atoms with E-state index >= 15 is 0 Å². The lowest BCUT2D eigenvalue weighted by Gasteiger charge is -2.32. The van der Waals surface area contributed by atoms with Gasteiger partial charge in [-0.25, -0.2) is 9.37 Å². The zero-order valence-electron chi connectivity index (χ0n) is 16.0. The first kappa shape index (κ1) is 19.5. The molecular weight excluding hydrogens is 391 g/mol. The number of hydrogen-bond acceptors (Lipinski definition) is 5. The Morgan fingerprint density at radius 3 is 2.72 bits per heavy atom. The second kappa shape index (κ2) is 8.71. The number of aromatic nitrogens is 1. The molecule has 7 heteroatoms. The summed E-state index contributed by atoms with van der Waals surface area (Å²) in [5.74, 6) is 0.403. The van der Waals surface area contributed by atoms with Crippen molar-refractivity contribution in [1.29, 1.82) is 0 Å². The Bertz CT molecular complexity index is 972. The Balaban J connectivity index is 1.46. The van der Waals surface area contributed by atoms with Gasteiger partial charge in [-0.1, -0.05) is 12.1 Å². The van der Waals surface area contributed by atoms with Gasteiger partial charge in [-0.2, -0.15) is 0 Å². The highest BCUT2D eigenvalue weighted by atomic mass is 32.1. The topological polar surface area (TPSA) is 51.7 Å². The minimum atomic E-state index is -0.290. The highest BCUT2D eigenvalue weighted by Crippen LogP contribution is 2.28. The first-order valence-corrected chi connectivity index (χ1v) is 10.4. The van der Waals surface area contributed by atoms with E-state index < -0.39 is 0 Å². The van der Waals surface area contributed by atoms with Gasteiger partial charge in [-0.05, 0) is 48.9 Å². The average molecular weight is 412 g/mol. The second-order valence-electron chi connectivity index (χ2n) is 6.66.